The number of nitrogens with one attached hydrogen (secondary N) is 1. The minimum absolute atomic E-state index is 0.629. The Morgan fingerprint density at radius 2 is 1.67 bits per heavy atom. The van der Waals surface area contributed by atoms with Crippen molar-refractivity contribution in [3.63, 3.8) is 0 Å². The van der Waals surface area contributed by atoms with Crippen molar-refractivity contribution in [3.05, 3.63) is 12.2 Å². The molecule has 0 amide bonds. The van der Waals surface area contributed by atoms with Crippen molar-refractivity contribution in [2.45, 2.75) is 51.5 Å². The molecule has 4 rings (SSSR count). The summed E-state index contributed by atoms with van der Waals surface area (Å²) >= 11 is 5.66. The quantitative estimate of drug-likeness (QED) is 0.587. The van der Waals surface area contributed by atoms with Crippen molar-refractivity contribution in [2.75, 3.05) is 12.4 Å². The SMILES string of the molecule is CC(NC/C=C/CCl)C12CC3CC(CC(C3)C1)C2. The summed E-state index contributed by atoms with van der Waals surface area (Å²) in [4.78, 5) is 0. The van der Waals surface area contributed by atoms with E-state index in [1.54, 1.807) is 0 Å². The molecule has 4 bridgehead atoms. The molecule has 1 atom stereocenters. The van der Waals surface area contributed by atoms with Crippen LogP contribution in [0.25, 0.3) is 0 Å². The van der Waals surface area contributed by atoms with Gasteiger partial charge in [0.05, 0.1) is 0 Å². The van der Waals surface area contributed by atoms with Crippen LogP contribution in [0.2, 0.25) is 0 Å². The molecule has 0 spiro atoms. The van der Waals surface area contributed by atoms with Crippen molar-refractivity contribution >= 4 is 11.6 Å². The van der Waals surface area contributed by atoms with Gasteiger partial charge in [-0.3, -0.25) is 0 Å². The highest BCUT2D eigenvalue weighted by molar-refractivity contribution is 6.18. The summed E-state index contributed by atoms with van der Waals surface area (Å²) in [6, 6.07) is 0.672. The van der Waals surface area contributed by atoms with Crippen LogP contribution < -0.4 is 5.32 Å². The summed E-state index contributed by atoms with van der Waals surface area (Å²) in [5, 5.41) is 3.73. The molecule has 0 radical (unpaired) electrons. The van der Waals surface area contributed by atoms with Gasteiger partial charge in [0, 0.05) is 18.5 Å². The Kier molecular flexibility index (Phi) is 3.73. The lowest BCUT2D eigenvalue weighted by molar-refractivity contribution is -0.0698. The number of allylic oxidation sites excluding steroid dienone is 1. The van der Waals surface area contributed by atoms with E-state index < -0.39 is 0 Å². The third-order valence-corrected chi connectivity index (χ3v) is 5.98. The molecule has 0 heterocycles. The Labute approximate surface area is 116 Å². The molecule has 102 valence electrons. The van der Waals surface area contributed by atoms with Crippen molar-refractivity contribution in [1.29, 1.82) is 0 Å². The minimum Gasteiger partial charge on any atom is -0.310 e. The van der Waals surface area contributed by atoms with E-state index >= 15 is 0 Å². The van der Waals surface area contributed by atoms with E-state index in [2.05, 4.69) is 18.3 Å². The van der Waals surface area contributed by atoms with Gasteiger partial charge in [0.25, 0.3) is 0 Å². The Hall–Kier alpha value is -0.0100. The van der Waals surface area contributed by atoms with Gasteiger partial charge >= 0.3 is 0 Å². The second-order valence-corrected chi connectivity index (χ2v) is 7.34. The van der Waals surface area contributed by atoms with Crippen molar-refractivity contribution in [2.24, 2.45) is 23.2 Å². The smallest absolute Gasteiger partial charge is 0.0404 e. The van der Waals surface area contributed by atoms with Crippen LogP contribution in [0.3, 0.4) is 0 Å². The summed E-state index contributed by atoms with van der Waals surface area (Å²) in [5.74, 6) is 3.80. The van der Waals surface area contributed by atoms with Crippen LogP contribution in [0.5, 0.6) is 0 Å². The van der Waals surface area contributed by atoms with Gasteiger partial charge in [-0.1, -0.05) is 12.2 Å². The van der Waals surface area contributed by atoms with Gasteiger partial charge in [0.1, 0.15) is 0 Å². The lowest BCUT2D eigenvalue weighted by Gasteiger charge is -2.59. The summed E-state index contributed by atoms with van der Waals surface area (Å²) in [7, 11) is 0. The molecule has 4 fully saturated rings. The highest BCUT2D eigenvalue weighted by atomic mass is 35.5. The fraction of sp³-hybridized carbons (Fsp3) is 0.875. The monoisotopic (exact) mass is 267 g/mol. The van der Waals surface area contributed by atoms with Gasteiger partial charge in [-0.25, -0.2) is 0 Å². The Morgan fingerprint density at radius 3 is 2.17 bits per heavy atom. The topological polar surface area (TPSA) is 12.0 Å². The zero-order chi connectivity index (χ0) is 12.6. The third-order valence-electron chi connectivity index (χ3n) is 5.80. The molecule has 2 heteroatoms. The molecular weight excluding hydrogens is 242 g/mol. The maximum Gasteiger partial charge on any atom is 0.0404 e. The fourth-order valence-corrected chi connectivity index (χ4v) is 5.44. The normalized spacial score (nSPS) is 43.8. The highest BCUT2D eigenvalue weighted by Gasteiger charge is 2.52. The van der Waals surface area contributed by atoms with E-state index in [1.165, 1.54) is 38.5 Å². The lowest BCUT2D eigenvalue weighted by atomic mass is 9.48. The Bertz CT molecular complexity index is 288. The van der Waals surface area contributed by atoms with E-state index in [-0.39, 0.29) is 0 Å². The number of hydrogen-bond donors (Lipinski definition) is 1. The maximum absolute atomic E-state index is 5.66. The molecule has 0 aliphatic heterocycles. The summed E-state index contributed by atoms with van der Waals surface area (Å²) in [6.07, 6.45) is 13.3. The first-order valence-electron chi connectivity index (χ1n) is 7.66. The van der Waals surface area contributed by atoms with E-state index in [0.717, 1.165) is 24.3 Å². The zero-order valence-corrected chi connectivity index (χ0v) is 12.3. The molecule has 18 heavy (non-hydrogen) atoms. The molecule has 0 saturated heterocycles. The van der Waals surface area contributed by atoms with Gasteiger partial charge in [-0.2, -0.15) is 0 Å². The van der Waals surface area contributed by atoms with Crippen LogP contribution in [0.4, 0.5) is 0 Å². The van der Waals surface area contributed by atoms with Gasteiger partial charge in [0.15, 0.2) is 0 Å². The average molecular weight is 268 g/mol. The van der Waals surface area contributed by atoms with E-state index in [1.807, 2.05) is 6.08 Å². The van der Waals surface area contributed by atoms with E-state index in [4.69, 9.17) is 11.6 Å². The Morgan fingerprint density at radius 1 is 1.11 bits per heavy atom. The lowest BCUT2D eigenvalue weighted by Crippen LogP contribution is -2.54. The van der Waals surface area contributed by atoms with Crippen LogP contribution in [-0.4, -0.2) is 18.5 Å². The standard InChI is InChI=1S/C16H26ClN/c1-12(18-5-3-2-4-17)16-9-13-6-14(10-16)8-15(7-13)11-16/h2-3,12-15,18H,4-11H2,1H3/b3-2+. The zero-order valence-electron chi connectivity index (χ0n) is 11.5. The third kappa shape index (κ3) is 2.36. The second-order valence-electron chi connectivity index (χ2n) is 7.04. The largest absolute Gasteiger partial charge is 0.310 e. The highest BCUT2D eigenvalue weighted by Crippen LogP contribution is 2.61. The number of rotatable bonds is 5. The molecule has 4 aliphatic rings. The van der Waals surface area contributed by atoms with Gasteiger partial charge in [-0.15, -0.1) is 11.6 Å². The van der Waals surface area contributed by atoms with Crippen LogP contribution in [0.1, 0.15) is 45.4 Å². The summed E-state index contributed by atoms with van der Waals surface area (Å²) in [5.41, 5.74) is 0.629. The molecule has 1 nitrogen and oxygen atoms in total. The molecule has 4 aliphatic carbocycles. The molecule has 4 saturated carbocycles. The van der Waals surface area contributed by atoms with Gasteiger partial charge in [-0.05, 0) is 68.6 Å². The van der Waals surface area contributed by atoms with E-state index in [0.29, 0.717) is 17.3 Å². The molecule has 0 aromatic heterocycles. The first-order chi connectivity index (χ1) is 8.72. The van der Waals surface area contributed by atoms with Crippen LogP contribution >= 0.6 is 11.6 Å². The molecule has 1 N–H and O–H groups in total. The van der Waals surface area contributed by atoms with Crippen LogP contribution in [0, 0.1) is 23.2 Å². The van der Waals surface area contributed by atoms with Crippen molar-refractivity contribution < 1.29 is 0 Å². The van der Waals surface area contributed by atoms with Crippen LogP contribution in [0.15, 0.2) is 12.2 Å². The summed E-state index contributed by atoms with van der Waals surface area (Å²) < 4.78 is 0. The number of halogens is 1. The predicted molar refractivity (Wildman–Crippen MR) is 77.9 cm³/mol. The van der Waals surface area contributed by atoms with Crippen molar-refractivity contribution in [3.8, 4) is 0 Å². The number of alkyl halides is 1. The average Bonchev–Trinajstić information content (AvgIpc) is 2.32. The Balaban J connectivity index is 1.62. The maximum atomic E-state index is 5.66. The fourth-order valence-electron chi connectivity index (χ4n) is 5.32. The summed E-state index contributed by atoms with van der Waals surface area (Å²) in [6.45, 7) is 3.40. The molecule has 0 aromatic carbocycles. The number of hydrogen-bond acceptors (Lipinski definition) is 1. The first-order valence-corrected chi connectivity index (χ1v) is 8.19. The molecule has 1 unspecified atom stereocenters. The van der Waals surface area contributed by atoms with Gasteiger partial charge < -0.3 is 5.32 Å². The predicted octanol–water partition coefficient (Wildman–Crippen LogP) is 3.98. The minimum atomic E-state index is 0.629. The van der Waals surface area contributed by atoms with Gasteiger partial charge in [0.2, 0.25) is 0 Å². The second kappa shape index (κ2) is 5.17. The van der Waals surface area contributed by atoms with E-state index in [9.17, 15) is 0 Å². The molecule has 0 aromatic rings. The molecular formula is C16H26ClN. The van der Waals surface area contributed by atoms with Crippen molar-refractivity contribution in [1.82, 2.24) is 5.32 Å². The first kappa shape index (κ1) is 13.0. The van der Waals surface area contributed by atoms with Crippen LogP contribution in [-0.2, 0) is 0 Å².